The van der Waals surface area contributed by atoms with E-state index in [2.05, 4.69) is 16.7 Å². The van der Waals surface area contributed by atoms with Gasteiger partial charge in [-0.25, -0.2) is 8.42 Å². The standard InChI is InChI=1S/C15H29N3O2S/c1-13-10-17-7-3-2-4-14(17)11-18(13)15(12-16)5-8-21(19,20)9-6-15/h13-14H,2-12,16H2,1H3. The van der Waals surface area contributed by atoms with Gasteiger partial charge in [0.1, 0.15) is 9.84 Å². The fraction of sp³-hybridized carbons (Fsp3) is 1.00. The molecular weight excluding hydrogens is 286 g/mol. The molecule has 0 bridgehead atoms. The zero-order valence-corrected chi connectivity index (χ0v) is 13.9. The minimum absolute atomic E-state index is 0.0890. The number of piperidine rings is 1. The van der Waals surface area contributed by atoms with Crippen LogP contribution >= 0.6 is 0 Å². The normalized spacial score (nSPS) is 37.0. The van der Waals surface area contributed by atoms with Gasteiger partial charge in [0, 0.05) is 37.3 Å². The fourth-order valence-corrected chi connectivity index (χ4v) is 6.13. The summed E-state index contributed by atoms with van der Waals surface area (Å²) in [5.74, 6) is 0.615. The van der Waals surface area contributed by atoms with Crippen molar-refractivity contribution in [3.8, 4) is 0 Å². The van der Waals surface area contributed by atoms with Gasteiger partial charge in [0.25, 0.3) is 0 Å². The monoisotopic (exact) mass is 315 g/mol. The molecule has 3 saturated heterocycles. The Bertz CT molecular complexity index is 465. The van der Waals surface area contributed by atoms with Gasteiger partial charge in [0.05, 0.1) is 11.5 Å². The molecule has 0 spiro atoms. The molecule has 122 valence electrons. The second-order valence-corrected chi connectivity index (χ2v) is 9.53. The number of nitrogens with zero attached hydrogens (tertiary/aromatic N) is 2. The number of fused-ring (bicyclic) bond motifs is 1. The Morgan fingerprint density at radius 1 is 1.19 bits per heavy atom. The van der Waals surface area contributed by atoms with Crippen LogP contribution in [0, 0.1) is 0 Å². The second-order valence-electron chi connectivity index (χ2n) is 7.23. The lowest BCUT2D eigenvalue weighted by Crippen LogP contribution is -2.68. The SMILES string of the molecule is CC1CN2CCCCC2CN1C1(CN)CCS(=O)(=O)CC1. The van der Waals surface area contributed by atoms with Gasteiger partial charge in [-0.05, 0) is 39.2 Å². The quantitative estimate of drug-likeness (QED) is 0.801. The number of nitrogens with two attached hydrogens (primary N) is 1. The van der Waals surface area contributed by atoms with Crippen molar-refractivity contribution in [1.29, 1.82) is 0 Å². The van der Waals surface area contributed by atoms with Gasteiger partial charge in [-0.3, -0.25) is 9.80 Å². The van der Waals surface area contributed by atoms with Crippen LogP contribution in [0.2, 0.25) is 0 Å². The number of piperazine rings is 1. The molecule has 6 heteroatoms. The first-order chi connectivity index (χ1) is 9.96. The third-order valence-corrected chi connectivity index (χ3v) is 7.59. The van der Waals surface area contributed by atoms with Gasteiger partial charge in [-0.2, -0.15) is 0 Å². The Kier molecular flexibility index (Phi) is 4.34. The predicted molar refractivity (Wildman–Crippen MR) is 85.1 cm³/mol. The summed E-state index contributed by atoms with van der Waals surface area (Å²) >= 11 is 0. The maximum atomic E-state index is 11.8. The van der Waals surface area contributed by atoms with Gasteiger partial charge < -0.3 is 5.73 Å². The van der Waals surface area contributed by atoms with Crippen molar-refractivity contribution in [2.75, 3.05) is 37.7 Å². The molecule has 0 aliphatic carbocycles. The Balaban J connectivity index is 1.77. The highest BCUT2D eigenvalue weighted by molar-refractivity contribution is 7.91. The number of hydrogen-bond donors (Lipinski definition) is 1. The predicted octanol–water partition coefficient (Wildman–Crippen LogP) is 0.451. The lowest BCUT2D eigenvalue weighted by atomic mass is 9.85. The van der Waals surface area contributed by atoms with Crippen LogP contribution in [0.5, 0.6) is 0 Å². The Labute approximate surface area is 128 Å². The van der Waals surface area contributed by atoms with Crippen LogP contribution in [0.15, 0.2) is 0 Å². The number of rotatable bonds is 2. The molecule has 2 unspecified atom stereocenters. The van der Waals surface area contributed by atoms with E-state index in [4.69, 9.17) is 5.73 Å². The van der Waals surface area contributed by atoms with Crippen molar-refractivity contribution in [3.05, 3.63) is 0 Å². The zero-order valence-electron chi connectivity index (χ0n) is 13.1. The zero-order chi connectivity index (χ0) is 15.1. The van der Waals surface area contributed by atoms with E-state index in [1.165, 1.54) is 25.8 Å². The third kappa shape index (κ3) is 3.00. The molecule has 21 heavy (non-hydrogen) atoms. The van der Waals surface area contributed by atoms with Crippen molar-refractivity contribution in [3.63, 3.8) is 0 Å². The summed E-state index contributed by atoms with van der Waals surface area (Å²) in [6.07, 6.45) is 5.35. The van der Waals surface area contributed by atoms with Crippen molar-refractivity contribution in [2.45, 2.75) is 56.7 Å². The minimum Gasteiger partial charge on any atom is -0.329 e. The summed E-state index contributed by atoms with van der Waals surface area (Å²) < 4.78 is 23.6. The molecule has 5 nitrogen and oxygen atoms in total. The largest absolute Gasteiger partial charge is 0.329 e. The fourth-order valence-electron chi connectivity index (χ4n) is 4.54. The lowest BCUT2D eigenvalue weighted by Gasteiger charge is -2.55. The van der Waals surface area contributed by atoms with Crippen LogP contribution in [0.1, 0.15) is 39.0 Å². The van der Waals surface area contributed by atoms with Crippen LogP contribution in [-0.2, 0) is 9.84 Å². The van der Waals surface area contributed by atoms with Crippen LogP contribution in [0.3, 0.4) is 0 Å². The van der Waals surface area contributed by atoms with Crippen molar-refractivity contribution in [2.24, 2.45) is 5.73 Å². The van der Waals surface area contributed by atoms with E-state index >= 15 is 0 Å². The van der Waals surface area contributed by atoms with Crippen LogP contribution < -0.4 is 5.73 Å². The van der Waals surface area contributed by atoms with E-state index in [0.29, 0.717) is 43.0 Å². The summed E-state index contributed by atoms with van der Waals surface area (Å²) in [5.41, 5.74) is 6.05. The molecular formula is C15H29N3O2S. The summed E-state index contributed by atoms with van der Waals surface area (Å²) in [4.78, 5) is 5.20. The van der Waals surface area contributed by atoms with Gasteiger partial charge >= 0.3 is 0 Å². The van der Waals surface area contributed by atoms with E-state index in [1.807, 2.05) is 0 Å². The highest BCUT2D eigenvalue weighted by Gasteiger charge is 2.46. The average molecular weight is 315 g/mol. The van der Waals surface area contributed by atoms with Gasteiger partial charge in [-0.1, -0.05) is 6.42 Å². The van der Waals surface area contributed by atoms with Crippen molar-refractivity contribution >= 4 is 9.84 Å². The Hall–Kier alpha value is -0.170. The molecule has 0 aromatic rings. The molecule has 0 saturated carbocycles. The first-order valence-corrected chi connectivity index (χ1v) is 10.2. The maximum Gasteiger partial charge on any atom is 0.150 e. The number of hydrogen-bond acceptors (Lipinski definition) is 5. The van der Waals surface area contributed by atoms with E-state index in [9.17, 15) is 8.42 Å². The molecule has 2 N–H and O–H groups in total. The molecule has 0 aromatic heterocycles. The highest BCUT2D eigenvalue weighted by Crippen LogP contribution is 2.35. The summed E-state index contributed by atoms with van der Waals surface area (Å²) in [7, 11) is -2.84. The van der Waals surface area contributed by atoms with Gasteiger partial charge in [0.2, 0.25) is 0 Å². The maximum absolute atomic E-state index is 11.8. The van der Waals surface area contributed by atoms with E-state index in [0.717, 1.165) is 13.1 Å². The van der Waals surface area contributed by atoms with Crippen molar-refractivity contribution in [1.82, 2.24) is 9.80 Å². The lowest BCUT2D eigenvalue weighted by molar-refractivity contribution is -0.0488. The third-order valence-electron chi connectivity index (χ3n) is 5.93. The number of sulfone groups is 1. The van der Waals surface area contributed by atoms with Crippen LogP contribution in [-0.4, -0.2) is 73.5 Å². The molecule has 0 aromatic carbocycles. The molecule has 3 heterocycles. The average Bonchev–Trinajstić information content (AvgIpc) is 2.47. The molecule has 0 radical (unpaired) electrons. The smallest absolute Gasteiger partial charge is 0.150 e. The highest BCUT2D eigenvalue weighted by atomic mass is 32.2. The molecule has 0 amide bonds. The Morgan fingerprint density at radius 3 is 2.57 bits per heavy atom. The molecule has 3 fully saturated rings. The summed E-state index contributed by atoms with van der Waals surface area (Å²) in [6, 6.07) is 1.13. The molecule has 3 aliphatic heterocycles. The van der Waals surface area contributed by atoms with Crippen LogP contribution in [0.4, 0.5) is 0 Å². The first-order valence-electron chi connectivity index (χ1n) is 8.37. The Morgan fingerprint density at radius 2 is 1.90 bits per heavy atom. The first kappa shape index (κ1) is 15.7. The van der Waals surface area contributed by atoms with E-state index in [1.54, 1.807) is 0 Å². The van der Waals surface area contributed by atoms with E-state index < -0.39 is 9.84 Å². The minimum atomic E-state index is -2.84. The molecule has 2 atom stereocenters. The molecule has 3 rings (SSSR count). The van der Waals surface area contributed by atoms with Crippen molar-refractivity contribution < 1.29 is 8.42 Å². The van der Waals surface area contributed by atoms with E-state index in [-0.39, 0.29) is 5.54 Å². The van der Waals surface area contributed by atoms with Crippen LogP contribution in [0.25, 0.3) is 0 Å². The summed E-state index contributed by atoms with van der Waals surface area (Å²) in [6.45, 7) is 6.27. The second kappa shape index (κ2) is 5.80. The molecule has 3 aliphatic rings. The van der Waals surface area contributed by atoms with Gasteiger partial charge in [0.15, 0.2) is 0 Å². The topological polar surface area (TPSA) is 66.6 Å². The summed E-state index contributed by atoms with van der Waals surface area (Å²) in [5, 5.41) is 0. The van der Waals surface area contributed by atoms with Gasteiger partial charge in [-0.15, -0.1) is 0 Å².